The maximum atomic E-state index is 12.1. The molecular formula is C12H20N2O4. The van der Waals surface area contributed by atoms with Gasteiger partial charge in [0, 0.05) is 12.6 Å². The van der Waals surface area contributed by atoms with Crippen molar-refractivity contribution >= 4 is 17.8 Å². The monoisotopic (exact) mass is 256 g/mol. The van der Waals surface area contributed by atoms with E-state index >= 15 is 0 Å². The number of carboxylic acid groups (broad SMARTS) is 1. The van der Waals surface area contributed by atoms with E-state index in [2.05, 4.69) is 0 Å². The van der Waals surface area contributed by atoms with Gasteiger partial charge < -0.3 is 5.11 Å². The van der Waals surface area contributed by atoms with Crippen molar-refractivity contribution in [1.82, 2.24) is 9.80 Å². The van der Waals surface area contributed by atoms with Crippen LogP contribution in [0.4, 0.5) is 0 Å². The van der Waals surface area contributed by atoms with E-state index in [1.54, 1.807) is 18.7 Å². The van der Waals surface area contributed by atoms with Crippen molar-refractivity contribution in [1.29, 1.82) is 0 Å². The van der Waals surface area contributed by atoms with Gasteiger partial charge in [0.25, 0.3) is 0 Å². The average Bonchev–Trinajstić information content (AvgIpc) is 2.54. The van der Waals surface area contributed by atoms with Crippen LogP contribution in [0.25, 0.3) is 0 Å². The minimum atomic E-state index is -0.898. The van der Waals surface area contributed by atoms with Crippen LogP contribution in [0.15, 0.2) is 0 Å². The molecule has 0 aliphatic carbocycles. The van der Waals surface area contributed by atoms with E-state index in [9.17, 15) is 14.4 Å². The maximum absolute atomic E-state index is 12.1. The summed E-state index contributed by atoms with van der Waals surface area (Å²) >= 11 is 0. The van der Waals surface area contributed by atoms with Crippen molar-refractivity contribution in [3.05, 3.63) is 0 Å². The zero-order chi connectivity index (χ0) is 13.9. The SMILES string of the molecule is CCN1C(=O)CC(N(CC)C(C)CC(=O)O)C1=O. The molecule has 102 valence electrons. The van der Waals surface area contributed by atoms with Crippen LogP contribution >= 0.6 is 0 Å². The highest BCUT2D eigenvalue weighted by atomic mass is 16.4. The smallest absolute Gasteiger partial charge is 0.304 e. The average molecular weight is 256 g/mol. The molecule has 0 spiro atoms. The van der Waals surface area contributed by atoms with Gasteiger partial charge >= 0.3 is 5.97 Å². The van der Waals surface area contributed by atoms with Crippen LogP contribution in [0, 0.1) is 0 Å². The lowest BCUT2D eigenvalue weighted by Crippen LogP contribution is -2.47. The molecule has 18 heavy (non-hydrogen) atoms. The van der Waals surface area contributed by atoms with Gasteiger partial charge in [-0.2, -0.15) is 0 Å². The lowest BCUT2D eigenvalue weighted by atomic mass is 10.1. The molecular weight excluding hydrogens is 236 g/mol. The van der Waals surface area contributed by atoms with Gasteiger partial charge in [-0.15, -0.1) is 0 Å². The van der Waals surface area contributed by atoms with Crippen molar-refractivity contribution in [2.24, 2.45) is 0 Å². The summed E-state index contributed by atoms with van der Waals surface area (Å²) in [5.74, 6) is -1.28. The molecule has 1 aliphatic heterocycles. The van der Waals surface area contributed by atoms with Crippen LogP contribution < -0.4 is 0 Å². The largest absolute Gasteiger partial charge is 0.481 e. The van der Waals surface area contributed by atoms with Crippen LogP contribution in [-0.4, -0.2) is 57.9 Å². The number of hydrogen-bond donors (Lipinski definition) is 1. The summed E-state index contributed by atoms with van der Waals surface area (Å²) in [6, 6.07) is -0.761. The first-order chi connectivity index (χ1) is 8.42. The topological polar surface area (TPSA) is 77.9 Å². The van der Waals surface area contributed by atoms with Crippen molar-refractivity contribution in [3.63, 3.8) is 0 Å². The highest BCUT2D eigenvalue weighted by Crippen LogP contribution is 2.21. The number of amides is 2. The zero-order valence-corrected chi connectivity index (χ0v) is 11.0. The highest BCUT2D eigenvalue weighted by molar-refractivity contribution is 6.05. The Morgan fingerprint density at radius 1 is 1.50 bits per heavy atom. The summed E-state index contributed by atoms with van der Waals surface area (Å²) in [6.45, 7) is 6.32. The standard InChI is InChI=1S/C12H20N2O4/c1-4-13(8(3)6-11(16)17)9-7-10(15)14(5-2)12(9)18/h8-9H,4-7H2,1-3H3,(H,16,17). The fourth-order valence-electron chi connectivity index (χ4n) is 2.47. The molecule has 1 aliphatic rings. The summed E-state index contributed by atoms with van der Waals surface area (Å²) < 4.78 is 0. The number of carbonyl (C=O) groups excluding carboxylic acids is 2. The summed E-state index contributed by atoms with van der Waals surface area (Å²) in [5.41, 5.74) is 0. The third-order valence-electron chi connectivity index (χ3n) is 3.34. The van der Waals surface area contributed by atoms with Crippen LogP contribution in [0.1, 0.15) is 33.6 Å². The van der Waals surface area contributed by atoms with E-state index in [1.807, 2.05) is 6.92 Å². The molecule has 0 aromatic heterocycles. The predicted molar refractivity (Wildman–Crippen MR) is 64.9 cm³/mol. The molecule has 1 heterocycles. The Hall–Kier alpha value is -1.43. The van der Waals surface area contributed by atoms with Gasteiger partial charge in [-0.05, 0) is 20.4 Å². The Bertz CT molecular complexity index is 356. The highest BCUT2D eigenvalue weighted by Gasteiger charge is 2.42. The summed E-state index contributed by atoms with van der Waals surface area (Å²) in [7, 11) is 0. The van der Waals surface area contributed by atoms with E-state index in [4.69, 9.17) is 5.11 Å². The Kier molecular flexibility index (Phi) is 4.84. The third-order valence-corrected chi connectivity index (χ3v) is 3.34. The van der Waals surface area contributed by atoms with Gasteiger partial charge in [0.1, 0.15) is 0 Å². The van der Waals surface area contributed by atoms with Gasteiger partial charge in [-0.1, -0.05) is 6.92 Å². The molecule has 0 bridgehead atoms. The predicted octanol–water partition coefficient (Wildman–Crippen LogP) is 0.319. The molecule has 6 heteroatoms. The van der Waals surface area contributed by atoms with Gasteiger partial charge in [0.15, 0.2) is 0 Å². The summed E-state index contributed by atoms with van der Waals surface area (Å²) in [6.07, 6.45) is 0.127. The molecule has 1 fully saturated rings. The molecule has 1 N–H and O–H groups in total. The second kappa shape index (κ2) is 5.95. The van der Waals surface area contributed by atoms with Crippen molar-refractivity contribution < 1.29 is 19.5 Å². The van der Waals surface area contributed by atoms with Gasteiger partial charge in [-0.3, -0.25) is 24.2 Å². The molecule has 0 aromatic carbocycles. The fourth-order valence-corrected chi connectivity index (χ4v) is 2.47. The lowest BCUT2D eigenvalue weighted by molar-refractivity contribution is -0.142. The number of nitrogens with zero attached hydrogens (tertiary/aromatic N) is 2. The Balaban J connectivity index is 2.81. The Morgan fingerprint density at radius 3 is 2.50 bits per heavy atom. The van der Waals surface area contributed by atoms with Crippen LogP contribution in [0.5, 0.6) is 0 Å². The molecule has 0 saturated carbocycles. The minimum Gasteiger partial charge on any atom is -0.481 e. The van der Waals surface area contributed by atoms with Crippen LogP contribution in [0.2, 0.25) is 0 Å². The van der Waals surface area contributed by atoms with Gasteiger partial charge in [-0.25, -0.2) is 0 Å². The van der Waals surface area contributed by atoms with Gasteiger partial charge in [0.2, 0.25) is 11.8 Å². The molecule has 0 radical (unpaired) electrons. The Morgan fingerprint density at radius 2 is 2.11 bits per heavy atom. The Labute approximate surface area is 107 Å². The van der Waals surface area contributed by atoms with E-state index in [1.165, 1.54) is 4.90 Å². The number of rotatable bonds is 6. The van der Waals surface area contributed by atoms with Gasteiger partial charge in [0.05, 0.1) is 18.9 Å². The number of hydrogen-bond acceptors (Lipinski definition) is 4. The molecule has 1 rings (SSSR count). The first-order valence-corrected chi connectivity index (χ1v) is 6.24. The molecule has 1 saturated heterocycles. The maximum Gasteiger partial charge on any atom is 0.304 e. The first-order valence-electron chi connectivity index (χ1n) is 6.24. The van der Waals surface area contributed by atoms with Crippen LogP contribution in [-0.2, 0) is 14.4 Å². The minimum absolute atomic E-state index is 0.0298. The fraction of sp³-hybridized carbons (Fsp3) is 0.750. The lowest BCUT2D eigenvalue weighted by Gasteiger charge is -2.31. The van der Waals surface area contributed by atoms with Crippen molar-refractivity contribution in [2.75, 3.05) is 13.1 Å². The molecule has 2 atom stereocenters. The van der Waals surface area contributed by atoms with Crippen molar-refractivity contribution in [2.45, 2.75) is 45.7 Å². The van der Waals surface area contributed by atoms with E-state index < -0.39 is 12.0 Å². The van der Waals surface area contributed by atoms with Crippen LogP contribution in [0.3, 0.4) is 0 Å². The third kappa shape index (κ3) is 2.87. The summed E-state index contributed by atoms with van der Waals surface area (Å²) in [5, 5.41) is 8.80. The second-order valence-corrected chi connectivity index (χ2v) is 4.47. The first kappa shape index (κ1) is 14.6. The number of likely N-dealkylation sites (tertiary alicyclic amines) is 1. The molecule has 0 aromatic rings. The normalized spacial score (nSPS) is 21.8. The zero-order valence-electron chi connectivity index (χ0n) is 11.0. The summed E-state index contributed by atoms with van der Waals surface area (Å²) in [4.78, 5) is 37.5. The molecule has 6 nitrogen and oxygen atoms in total. The number of likely N-dealkylation sites (N-methyl/N-ethyl adjacent to an activating group) is 2. The van der Waals surface area contributed by atoms with Crippen molar-refractivity contribution in [3.8, 4) is 0 Å². The van der Waals surface area contributed by atoms with E-state index in [-0.39, 0.29) is 30.7 Å². The number of carbonyl (C=O) groups is 3. The molecule has 2 unspecified atom stereocenters. The van der Waals surface area contributed by atoms with E-state index in [0.29, 0.717) is 13.1 Å². The number of aliphatic carboxylic acids is 1. The van der Waals surface area contributed by atoms with E-state index in [0.717, 1.165) is 0 Å². The molecule has 2 amide bonds. The quantitative estimate of drug-likeness (QED) is 0.692. The number of imide groups is 1. The second-order valence-electron chi connectivity index (χ2n) is 4.47. The number of carboxylic acids is 1.